The first-order chi connectivity index (χ1) is 14.7. The molecule has 2 aromatic heterocycles. The minimum absolute atomic E-state index is 0.213. The van der Waals surface area contributed by atoms with Crippen LogP contribution in [0.4, 0.5) is 0 Å². The van der Waals surface area contributed by atoms with Crippen molar-refractivity contribution in [3.63, 3.8) is 0 Å². The molecule has 5 nitrogen and oxygen atoms in total. The summed E-state index contributed by atoms with van der Waals surface area (Å²) < 4.78 is 2.20. The number of rotatable bonds is 8. The SMILES string of the molecule is CC1CCCCN1C(=O)CSc1nnc(Cc2cccs2)n1CCc1ccccc1. The van der Waals surface area contributed by atoms with Gasteiger partial charge in [-0.05, 0) is 49.6 Å². The fraction of sp³-hybridized carbons (Fsp3) is 0.435. The molecule has 7 heteroatoms. The van der Waals surface area contributed by atoms with Crippen molar-refractivity contribution in [3.05, 3.63) is 64.1 Å². The van der Waals surface area contributed by atoms with Crippen molar-refractivity contribution in [3.8, 4) is 0 Å². The van der Waals surface area contributed by atoms with Crippen molar-refractivity contribution in [2.45, 2.75) is 56.8 Å². The lowest BCUT2D eigenvalue weighted by atomic mass is 10.0. The number of piperidine rings is 1. The van der Waals surface area contributed by atoms with Crippen LogP contribution in [0, 0.1) is 0 Å². The van der Waals surface area contributed by atoms with Crippen molar-refractivity contribution >= 4 is 29.0 Å². The Morgan fingerprint density at radius 1 is 1.17 bits per heavy atom. The number of hydrogen-bond acceptors (Lipinski definition) is 5. The van der Waals surface area contributed by atoms with Crippen LogP contribution in [0.5, 0.6) is 0 Å². The quantitative estimate of drug-likeness (QED) is 0.478. The summed E-state index contributed by atoms with van der Waals surface area (Å²) in [4.78, 5) is 16.1. The second-order valence-corrected chi connectivity index (χ2v) is 9.74. The highest BCUT2D eigenvalue weighted by Crippen LogP contribution is 2.23. The fourth-order valence-electron chi connectivity index (χ4n) is 3.91. The molecule has 3 aromatic rings. The summed E-state index contributed by atoms with van der Waals surface area (Å²) in [6.45, 7) is 3.85. The van der Waals surface area contributed by atoms with E-state index in [1.54, 1.807) is 11.3 Å². The molecule has 1 unspecified atom stereocenters. The molecule has 1 aromatic carbocycles. The van der Waals surface area contributed by atoms with Gasteiger partial charge in [-0.25, -0.2) is 0 Å². The second-order valence-electron chi connectivity index (χ2n) is 7.76. The average Bonchev–Trinajstić information content (AvgIpc) is 3.42. The summed E-state index contributed by atoms with van der Waals surface area (Å²) in [7, 11) is 0. The fourth-order valence-corrected chi connectivity index (χ4v) is 5.48. The van der Waals surface area contributed by atoms with Crippen LogP contribution in [-0.4, -0.2) is 43.9 Å². The van der Waals surface area contributed by atoms with E-state index in [4.69, 9.17) is 0 Å². The molecule has 0 spiro atoms. The monoisotopic (exact) mass is 440 g/mol. The van der Waals surface area contributed by atoms with Crippen molar-refractivity contribution in [1.29, 1.82) is 0 Å². The lowest BCUT2D eigenvalue weighted by Gasteiger charge is -2.33. The van der Waals surface area contributed by atoms with E-state index in [0.717, 1.165) is 49.8 Å². The van der Waals surface area contributed by atoms with E-state index in [1.165, 1.54) is 28.6 Å². The molecule has 30 heavy (non-hydrogen) atoms. The van der Waals surface area contributed by atoms with Crippen molar-refractivity contribution in [2.75, 3.05) is 12.3 Å². The van der Waals surface area contributed by atoms with Crippen LogP contribution in [0.25, 0.3) is 0 Å². The van der Waals surface area contributed by atoms with Crippen LogP contribution in [0.3, 0.4) is 0 Å². The minimum Gasteiger partial charge on any atom is -0.339 e. The molecule has 1 saturated heterocycles. The maximum Gasteiger partial charge on any atom is 0.233 e. The van der Waals surface area contributed by atoms with E-state index in [1.807, 2.05) is 11.0 Å². The second kappa shape index (κ2) is 10.3. The molecule has 4 rings (SSSR count). The standard InChI is InChI=1S/C23H28N4OS2/c1-18-8-5-6-13-26(18)22(28)17-30-23-25-24-21(16-20-11-7-15-29-20)27(23)14-12-19-9-3-2-4-10-19/h2-4,7,9-11,15,18H,5-6,8,12-14,16-17H2,1H3. The van der Waals surface area contributed by atoms with Crippen molar-refractivity contribution in [1.82, 2.24) is 19.7 Å². The molecular formula is C23H28N4OS2. The molecule has 1 amide bonds. The summed E-state index contributed by atoms with van der Waals surface area (Å²) >= 11 is 3.26. The molecule has 0 aliphatic carbocycles. The zero-order valence-corrected chi connectivity index (χ0v) is 19.0. The molecule has 0 bridgehead atoms. The van der Waals surface area contributed by atoms with Crippen LogP contribution >= 0.6 is 23.1 Å². The minimum atomic E-state index is 0.213. The Kier molecular flexibility index (Phi) is 7.23. The first kappa shape index (κ1) is 21.1. The highest BCUT2D eigenvalue weighted by molar-refractivity contribution is 7.99. The van der Waals surface area contributed by atoms with Gasteiger partial charge in [0.15, 0.2) is 5.16 Å². The average molecular weight is 441 g/mol. The molecule has 1 aliphatic rings. The highest BCUT2D eigenvalue weighted by Gasteiger charge is 2.24. The summed E-state index contributed by atoms with van der Waals surface area (Å²) in [6.07, 6.45) is 5.13. The van der Waals surface area contributed by atoms with Crippen LogP contribution in [0.2, 0.25) is 0 Å². The molecular weight excluding hydrogens is 412 g/mol. The normalized spacial score (nSPS) is 16.7. The maximum atomic E-state index is 12.8. The molecule has 1 fully saturated rings. The molecule has 1 atom stereocenters. The Morgan fingerprint density at radius 3 is 2.80 bits per heavy atom. The first-order valence-corrected chi connectivity index (χ1v) is 12.5. The molecule has 0 saturated carbocycles. The van der Waals surface area contributed by atoms with Gasteiger partial charge in [-0.2, -0.15) is 0 Å². The zero-order valence-electron chi connectivity index (χ0n) is 17.4. The van der Waals surface area contributed by atoms with Crippen LogP contribution in [0.15, 0.2) is 53.0 Å². The van der Waals surface area contributed by atoms with Gasteiger partial charge in [0.25, 0.3) is 0 Å². The Balaban J connectivity index is 1.46. The van der Waals surface area contributed by atoms with Gasteiger partial charge in [-0.15, -0.1) is 21.5 Å². The van der Waals surface area contributed by atoms with E-state index in [2.05, 4.69) is 63.5 Å². The zero-order chi connectivity index (χ0) is 20.8. The van der Waals surface area contributed by atoms with E-state index in [-0.39, 0.29) is 5.91 Å². The van der Waals surface area contributed by atoms with Crippen molar-refractivity contribution in [2.24, 2.45) is 0 Å². The third kappa shape index (κ3) is 5.32. The van der Waals surface area contributed by atoms with Gasteiger partial charge in [-0.1, -0.05) is 48.2 Å². The van der Waals surface area contributed by atoms with Crippen LogP contribution in [-0.2, 0) is 24.2 Å². The largest absolute Gasteiger partial charge is 0.339 e. The lowest BCUT2D eigenvalue weighted by molar-refractivity contribution is -0.131. The van der Waals surface area contributed by atoms with Gasteiger partial charge in [0.1, 0.15) is 5.82 Å². The van der Waals surface area contributed by atoms with Crippen LogP contribution < -0.4 is 0 Å². The Bertz CT molecular complexity index is 940. The number of thioether (sulfide) groups is 1. The number of nitrogens with zero attached hydrogens (tertiary/aromatic N) is 4. The van der Waals surface area contributed by atoms with Gasteiger partial charge in [0, 0.05) is 30.4 Å². The summed E-state index contributed by atoms with van der Waals surface area (Å²) in [5, 5.41) is 11.9. The molecule has 3 heterocycles. The molecule has 0 N–H and O–H groups in total. The summed E-state index contributed by atoms with van der Waals surface area (Å²) in [6, 6.07) is 15.0. The van der Waals surface area contributed by atoms with E-state index < -0.39 is 0 Å². The number of aryl methyl sites for hydroxylation is 1. The molecule has 1 aliphatic heterocycles. The highest BCUT2D eigenvalue weighted by atomic mass is 32.2. The number of hydrogen-bond donors (Lipinski definition) is 0. The topological polar surface area (TPSA) is 51.0 Å². The van der Waals surface area contributed by atoms with Crippen LogP contribution in [0.1, 0.15) is 42.5 Å². The Hall–Kier alpha value is -2.12. The van der Waals surface area contributed by atoms with Gasteiger partial charge in [0.05, 0.1) is 5.75 Å². The smallest absolute Gasteiger partial charge is 0.233 e. The number of aromatic nitrogens is 3. The van der Waals surface area contributed by atoms with E-state index in [9.17, 15) is 4.79 Å². The summed E-state index contributed by atoms with van der Waals surface area (Å²) in [5.41, 5.74) is 1.29. The predicted molar refractivity (Wildman–Crippen MR) is 123 cm³/mol. The van der Waals surface area contributed by atoms with E-state index >= 15 is 0 Å². The van der Waals surface area contributed by atoms with Crippen molar-refractivity contribution < 1.29 is 4.79 Å². The lowest BCUT2D eigenvalue weighted by Crippen LogP contribution is -2.43. The van der Waals surface area contributed by atoms with Gasteiger partial charge in [-0.3, -0.25) is 4.79 Å². The number of likely N-dealkylation sites (tertiary alicyclic amines) is 1. The maximum absolute atomic E-state index is 12.8. The van der Waals surface area contributed by atoms with Gasteiger partial charge in [0.2, 0.25) is 5.91 Å². The third-order valence-corrected chi connectivity index (χ3v) is 7.45. The Morgan fingerprint density at radius 2 is 2.03 bits per heavy atom. The molecule has 0 radical (unpaired) electrons. The predicted octanol–water partition coefficient (Wildman–Crippen LogP) is 4.67. The number of thiophene rings is 1. The number of benzene rings is 1. The van der Waals surface area contributed by atoms with E-state index in [0.29, 0.717) is 11.8 Å². The van der Waals surface area contributed by atoms with Gasteiger partial charge < -0.3 is 9.47 Å². The number of carbonyl (C=O) groups is 1. The number of amides is 1. The first-order valence-electron chi connectivity index (χ1n) is 10.6. The third-order valence-electron chi connectivity index (χ3n) is 5.62. The Labute approximate surface area is 186 Å². The van der Waals surface area contributed by atoms with Gasteiger partial charge >= 0.3 is 0 Å². The number of carbonyl (C=O) groups excluding carboxylic acids is 1. The molecule has 158 valence electrons. The summed E-state index contributed by atoms with van der Waals surface area (Å²) in [5.74, 6) is 1.60.